The highest BCUT2D eigenvalue weighted by molar-refractivity contribution is 7.80. The van der Waals surface area contributed by atoms with Crippen molar-refractivity contribution < 1.29 is 0 Å². The van der Waals surface area contributed by atoms with Crippen molar-refractivity contribution in [3.8, 4) is 0 Å². The Morgan fingerprint density at radius 3 is 2.65 bits per heavy atom. The molecule has 0 amide bonds. The molecule has 1 aromatic carbocycles. The van der Waals surface area contributed by atoms with E-state index in [-0.39, 0.29) is 0 Å². The predicted molar refractivity (Wildman–Crippen MR) is 109 cm³/mol. The van der Waals surface area contributed by atoms with E-state index in [9.17, 15) is 0 Å². The number of hydrogen-bond donors (Lipinski definition) is 2. The van der Waals surface area contributed by atoms with E-state index in [1.807, 2.05) is 19.3 Å². The van der Waals surface area contributed by atoms with E-state index in [4.69, 9.17) is 47.0 Å². The molecule has 3 aromatic rings. The number of hydrogen-bond acceptors (Lipinski definition) is 3. The van der Waals surface area contributed by atoms with E-state index in [0.717, 1.165) is 16.9 Å². The third-order valence-electron chi connectivity index (χ3n) is 3.67. The van der Waals surface area contributed by atoms with Crippen LogP contribution in [0.25, 0.3) is 0 Å². The van der Waals surface area contributed by atoms with E-state index in [1.54, 1.807) is 33.9 Å². The minimum Gasteiger partial charge on any atom is -0.357 e. The Hall–Kier alpha value is -1.80. The van der Waals surface area contributed by atoms with Crippen molar-refractivity contribution in [3.05, 3.63) is 63.1 Å². The number of nitrogens with one attached hydrogen (secondary N) is 2. The van der Waals surface area contributed by atoms with E-state index in [2.05, 4.69) is 20.8 Å². The second-order valence-corrected chi connectivity index (χ2v) is 7.19. The Morgan fingerprint density at radius 1 is 1.15 bits per heavy atom. The van der Waals surface area contributed by atoms with Crippen LogP contribution in [-0.2, 0) is 20.1 Å². The summed E-state index contributed by atoms with van der Waals surface area (Å²) in [5.74, 6) is 0. The number of halogens is 3. The Balaban J connectivity index is 1.57. The van der Waals surface area contributed by atoms with E-state index in [0.29, 0.717) is 33.3 Å². The number of aryl methyl sites for hydroxylation is 1. The SMILES string of the molecule is Cn1ncc(Cl)c1CNC(=S)Nc1cnn(Cc2ccc(Cl)cc2Cl)c1. The first-order chi connectivity index (χ1) is 12.4. The quantitative estimate of drug-likeness (QED) is 0.598. The van der Waals surface area contributed by atoms with Gasteiger partial charge in [-0.1, -0.05) is 40.9 Å². The fourth-order valence-electron chi connectivity index (χ4n) is 2.31. The van der Waals surface area contributed by atoms with Gasteiger partial charge in [0.25, 0.3) is 0 Å². The molecule has 3 rings (SSSR count). The highest BCUT2D eigenvalue weighted by Gasteiger charge is 2.08. The van der Waals surface area contributed by atoms with Crippen molar-refractivity contribution in [2.75, 3.05) is 5.32 Å². The number of aromatic nitrogens is 4. The molecule has 2 N–H and O–H groups in total. The van der Waals surface area contributed by atoms with Gasteiger partial charge >= 0.3 is 0 Å². The summed E-state index contributed by atoms with van der Waals surface area (Å²) >= 11 is 23.5. The second kappa shape index (κ2) is 8.26. The summed E-state index contributed by atoms with van der Waals surface area (Å²) in [6.45, 7) is 0.998. The Kier molecular flexibility index (Phi) is 6.03. The molecule has 2 aromatic heterocycles. The molecule has 10 heteroatoms. The third-order valence-corrected chi connectivity index (χ3v) is 4.81. The average molecular weight is 430 g/mol. The molecule has 0 fully saturated rings. The molecular formula is C16H15Cl3N6S. The van der Waals surface area contributed by atoms with Crippen LogP contribution in [0, 0.1) is 0 Å². The van der Waals surface area contributed by atoms with Gasteiger partial charge in [0.1, 0.15) is 0 Å². The van der Waals surface area contributed by atoms with E-state index >= 15 is 0 Å². The number of thiocarbonyl (C=S) groups is 1. The summed E-state index contributed by atoms with van der Waals surface area (Å²) in [7, 11) is 1.82. The maximum absolute atomic E-state index is 6.20. The van der Waals surface area contributed by atoms with Gasteiger partial charge < -0.3 is 10.6 Å². The normalized spacial score (nSPS) is 10.8. The lowest BCUT2D eigenvalue weighted by molar-refractivity contribution is 0.687. The summed E-state index contributed by atoms with van der Waals surface area (Å²) in [6.07, 6.45) is 5.13. The highest BCUT2D eigenvalue weighted by Crippen LogP contribution is 2.22. The summed E-state index contributed by atoms with van der Waals surface area (Å²) < 4.78 is 3.46. The van der Waals surface area contributed by atoms with Crippen LogP contribution in [-0.4, -0.2) is 24.7 Å². The molecule has 0 bridgehead atoms. The fraction of sp³-hybridized carbons (Fsp3) is 0.188. The van der Waals surface area contributed by atoms with Gasteiger partial charge in [-0.05, 0) is 29.9 Å². The molecule has 2 heterocycles. The van der Waals surface area contributed by atoms with Crippen LogP contribution >= 0.6 is 47.0 Å². The van der Waals surface area contributed by atoms with E-state index < -0.39 is 0 Å². The molecule has 6 nitrogen and oxygen atoms in total. The minimum absolute atomic E-state index is 0.464. The van der Waals surface area contributed by atoms with Gasteiger partial charge in [-0.15, -0.1) is 0 Å². The first-order valence-electron chi connectivity index (χ1n) is 7.60. The van der Waals surface area contributed by atoms with Gasteiger partial charge in [0.05, 0.1) is 41.9 Å². The average Bonchev–Trinajstić information content (AvgIpc) is 3.15. The molecule has 0 spiro atoms. The Morgan fingerprint density at radius 2 is 1.96 bits per heavy atom. The van der Waals surface area contributed by atoms with Crippen molar-refractivity contribution >= 4 is 57.8 Å². The molecule has 0 radical (unpaired) electrons. The number of rotatable bonds is 5. The molecule has 136 valence electrons. The minimum atomic E-state index is 0.464. The van der Waals surface area contributed by atoms with Crippen LogP contribution in [0.4, 0.5) is 5.69 Å². The van der Waals surface area contributed by atoms with Gasteiger partial charge in [0.2, 0.25) is 0 Å². The van der Waals surface area contributed by atoms with Crippen LogP contribution in [0.2, 0.25) is 15.1 Å². The second-order valence-electron chi connectivity index (χ2n) is 5.53. The monoisotopic (exact) mass is 428 g/mol. The first-order valence-corrected chi connectivity index (χ1v) is 9.14. The smallest absolute Gasteiger partial charge is 0.171 e. The standard InChI is InChI=1S/C16H15Cl3N6S/c1-24-15(14(19)6-21-24)7-20-16(26)23-12-5-22-25(9-12)8-10-2-3-11(17)4-13(10)18/h2-6,9H,7-8H2,1H3,(H2,20,23,26). The lowest BCUT2D eigenvalue weighted by atomic mass is 10.2. The summed E-state index contributed by atoms with van der Waals surface area (Å²) in [5.41, 5.74) is 2.55. The number of nitrogens with zero attached hydrogens (tertiary/aromatic N) is 4. The van der Waals surface area contributed by atoms with Crippen LogP contribution in [0.3, 0.4) is 0 Å². The molecule has 0 unspecified atom stereocenters. The molecule has 26 heavy (non-hydrogen) atoms. The zero-order valence-electron chi connectivity index (χ0n) is 13.7. The van der Waals surface area contributed by atoms with Crippen molar-refractivity contribution in [3.63, 3.8) is 0 Å². The zero-order valence-corrected chi connectivity index (χ0v) is 16.8. The van der Waals surface area contributed by atoms with Crippen LogP contribution in [0.15, 0.2) is 36.8 Å². The van der Waals surface area contributed by atoms with Crippen molar-refractivity contribution in [2.45, 2.75) is 13.1 Å². The predicted octanol–water partition coefficient (Wildman–Crippen LogP) is 4.11. The fourth-order valence-corrected chi connectivity index (χ4v) is 3.20. The third kappa shape index (κ3) is 4.67. The number of anilines is 1. The molecule has 0 aliphatic rings. The molecule has 0 aliphatic heterocycles. The highest BCUT2D eigenvalue weighted by atomic mass is 35.5. The van der Waals surface area contributed by atoms with Gasteiger partial charge in [-0.25, -0.2) is 0 Å². The Bertz CT molecular complexity index is 916. The zero-order chi connectivity index (χ0) is 18.7. The van der Waals surface area contributed by atoms with Crippen molar-refractivity contribution in [1.82, 2.24) is 24.9 Å². The van der Waals surface area contributed by atoms with Gasteiger partial charge in [-0.2, -0.15) is 10.2 Å². The molecule has 0 saturated heterocycles. The molecular weight excluding hydrogens is 415 g/mol. The molecule has 0 aliphatic carbocycles. The lowest BCUT2D eigenvalue weighted by Crippen LogP contribution is -2.28. The van der Waals surface area contributed by atoms with E-state index in [1.165, 1.54) is 0 Å². The van der Waals surface area contributed by atoms with Crippen LogP contribution in [0.5, 0.6) is 0 Å². The topological polar surface area (TPSA) is 59.7 Å². The van der Waals surface area contributed by atoms with Gasteiger partial charge in [0.15, 0.2) is 5.11 Å². The first kappa shape index (κ1) is 19.0. The maximum atomic E-state index is 6.20. The summed E-state index contributed by atoms with van der Waals surface area (Å²) in [5, 5.41) is 16.8. The van der Waals surface area contributed by atoms with Crippen molar-refractivity contribution in [1.29, 1.82) is 0 Å². The van der Waals surface area contributed by atoms with Crippen molar-refractivity contribution in [2.24, 2.45) is 7.05 Å². The van der Waals surface area contributed by atoms with Crippen LogP contribution < -0.4 is 10.6 Å². The van der Waals surface area contributed by atoms with Gasteiger partial charge in [0, 0.05) is 23.3 Å². The Labute approximate surface area is 171 Å². The molecule has 0 saturated carbocycles. The van der Waals surface area contributed by atoms with Crippen LogP contribution in [0.1, 0.15) is 11.3 Å². The summed E-state index contributed by atoms with van der Waals surface area (Å²) in [4.78, 5) is 0. The largest absolute Gasteiger partial charge is 0.357 e. The molecule has 0 atom stereocenters. The van der Waals surface area contributed by atoms with Gasteiger partial charge in [-0.3, -0.25) is 9.36 Å². The maximum Gasteiger partial charge on any atom is 0.171 e. The summed E-state index contributed by atoms with van der Waals surface area (Å²) in [6, 6.07) is 5.39. The number of benzene rings is 1. The lowest BCUT2D eigenvalue weighted by Gasteiger charge is -2.09.